The van der Waals surface area contributed by atoms with Crippen molar-refractivity contribution in [1.82, 2.24) is 0 Å². The van der Waals surface area contributed by atoms with Gasteiger partial charge in [-0.25, -0.2) is 9.59 Å². The first-order valence-electron chi connectivity index (χ1n) is 9.07. The van der Waals surface area contributed by atoms with Crippen molar-refractivity contribution in [2.24, 2.45) is 11.8 Å². The van der Waals surface area contributed by atoms with Crippen LogP contribution in [0.1, 0.15) is 38.5 Å². The molecule has 0 radical (unpaired) electrons. The zero-order valence-corrected chi connectivity index (χ0v) is 14.1. The van der Waals surface area contributed by atoms with Gasteiger partial charge >= 0.3 is 12.3 Å². The van der Waals surface area contributed by atoms with Crippen molar-refractivity contribution < 1.29 is 38.0 Å². The molecule has 0 aromatic rings. The molecule has 8 heteroatoms. The van der Waals surface area contributed by atoms with Crippen molar-refractivity contribution in [2.45, 2.75) is 62.9 Å². The zero-order valence-electron chi connectivity index (χ0n) is 14.1. The molecular formula is C17H24O8. The first-order valence-corrected chi connectivity index (χ1v) is 9.07. The number of fused-ring (bicyclic) bond motifs is 2. The van der Waals surface area contributed by atoms with Crippen molar-refractivity contribution >= 4 is 12.3 Å². The van der Waals surface area contributed by atoms with Crippen LogP contribution < -0.4 is 0 Å². The van der Waals surface area contributed by atoms with E-state index in [0.29, 0.717) is 49.5 Å². The number of rotatable bonds is 6. The summed E-state index contributed by atoms with van der Waals surface area (Å²) in [6.07, 6.45) is 5.75. The summed E-state index contributed by atoms with van der Waals surface area (Å²) in [5.74, 6) is 0.625. The van der Waals surface area contributed by atoms with Gasteiger partial charge in [0.25, 0.3) is 0 Å². The molecule has 0 aromatic carbocycles. The largest absolute Gasteiger partial charge is 0.511 e. The SMILES string of the molecule is O=C(OCOC(=O)OCC1CCC2OC2C1)OCC1CCC2OC2C1. The van der Waals surface area contributed by atoms with Crippen LogP contribution in [0, 0.1) is 11.8 Å². The maximum Gasteiger partial charge on any atom is 0.511 e. The van der Waals surface area contributed by atoms with E-state index in [2.05, 4.69) is 0 Å². The van der Waals surface area contributed by atoms with Gasteiger partial charge in [0, 0.05) is 0 Å². The van der Waals surface area contributed by atoms with E-state index in [1.165, 1.54) is 0 Å². The second kappa shape index (κ2) is 7.37. The Kier molecular flexibility index (Phi) is 4.98. The van der Waals surface area contributed by atoms with Gasteiger partial charge in [0.1, 0.15) is 0 Å². The topological polar surface area (TPSA) is 96.1 Å². The summed E-state index contributed by atoms with van der Waals surface area (Å²) in [7, 11) is 0. The lowest BCUT2D eigenvalue weighted by Gasteiger charge is -2.18. The zero-order chi connectivity index (χ0) is 17.2. The Morgan fingerprint density at radius 2 is 1.16 bits per heavy atom. The molecule has 4 fully saturated rings. The minimum Gasteiger partial charge on any atom is -0.434 e. The van der Waals surface area contributed by atoms with Gasteiger partial charge < -0.3 is 28.4 Å². The Hall–Kier alpha value is -1.54. The Labute approximate surface area is 146 Å². The molecule has 0 amide bonds. The van der Waals surface area contributed by atoms with Crippen molar-refractivity contribution in [3.05, 3.63) is 0 Å². The van der Waals surface area contributed by atoms with Crippen LogP contribution >= 0.6 is 0 Å². The van der Waals surface area contributed by atoms with E-state index in [4.69, 9.17) is 28.4 Å². The Morgan fingerprint density at radius 1 is 0.680 bits per heavy atom. The molecule has 2 saturated heterocycles. The fourth-order valence-electron chi connectivity index (χ4n) is 3.86. The highest BCUT2D eigenvalue weighted by molar-refractivity contribution is 5.61. The van der Waals surface area contributed by atoms with Gasteiger partial charge in [0.15, 0.2) is 0 Å². The molecule has 2 aliphatic heterocycles. The van der Waals surface area contributed by atoms with Crippen LogP contribution in [0.15, 0.2) is 0 Å². The summed E-state index contributed by atoms with van der Waals surface area (Å²) in [5, 5.41) is 0. The monoisotopic (exact) mass is 356 g/mol. The van der Waals surface area contributed by atoms with Crippen molar-refractivity contribution in [3.63, 3.8) is 0 Å². The average molecular weight is 356 g/mol. The van der Waals surface area contributed by atoms with Gasteiger partial charge in [-0.05, 0) is 50.4 Å². The molecule has 0 aromatic heterocycles. The summed E-state index contributed by atoms with van der Waals surface area (Å²) in [5.41, 5.74) is 0. The molecule has 2 aliphatic carbocycles. The van der Waals surface area contributed by atoms with E-state index in [9.17, 15) is 9.59 Å². The fraction of sp³-hybridized carbons (Fsp3) is 0.882. The van der Waals surface area contributed by atoms with E-state index < -0.39 is 19.1 Å². The molecule has 6 unspecified atom stereocenters. The number of ether oxygens (including phenoxy) is 6. The van der Waals surface area contributed by atoms with Crippen LogP contribution in [0.3, 0.4) is 0 Å². The molecule has 8 nitrogen and oxygen atoms in total. The predicted molar refractivity (Wildman–Crippen MR) is 81.7 cm³/mol. The smallest absolute Gasteiger partial charge is 0.434 e. The molecule has 140 valence electrons. The summed E-state index contributed by atoms with van der Waals surface area (Å²) in [4.78, 5) is 23.0. The second-order valence-corrected chi connectivity index (χ2v) is 7.31. The van der Waals surface area contributed by atoms with E-state index in [1.54, 1.807) is 0 Å². The highest BCUT2D eigenvalue weighted by atomic mass is 16.8. The average Bonchev–Trinajstić information content (AvgIpc) is 3.51. The maximum absolute atomic E-state index is 11.5. The van der Waals surface area contributed by atoms with Crippen molar-refractivity contribution in [2.75, 3.05) is 20.0 Å². The molecule has 4 rings (SSSR count). The lowest BCUT2D eigenvalue weighted by Crippen LogP contribution is -2.23. The third kappa shape index (κ3) is 4.76. The summed E-state index contributed by atoms with van der Waals surface area (Å²) < 4.78 is 30.4. The van der Waals surface area contributed by atoms with Gasteiger partial charge in [-0.2, -0.15) is 0 Å². The van der Waals surface area contributed by atoms with Crippen LogP contribution in [-0.2, 0) is 28.4 Å². The predicted octanol–water partition coefficient (Wildman–Crippen LogP) is 2.39. The van der Waals surface area contributed by atoms with Crippen molar-refractivity contribution in [1.29, 1.82) is 0 Å². The molecule has 4 aliphatic rings. The Bertz CT molecular complexity index is 465. The number of carbonyl (C=O) groups is 2. The van der Waals surface area contributed by atoms with E-state index in [-0.39, 0.29) is 0 Å². The summed E-state index contributed by atoms with van der Waals surface area (Å²) in [6, 6.07) is 0. The standard InChI is InChI=1S/C17H24O8/c18-16(20-7-10-1-3-12-14(5-10)24-12)22-9-23-17(19)21-8-11-2-4-13-15(6-11)25-13/h10-15H,1-9H2. The van der Waals surface area contributed by atoms with Gasteiger partial charge in [0.2, 0.25) is 6.79 Å². The van der Waals surface area contributed by atoms with Crippen LogP contribution in [0.5, 0.6) is 0 Å². The molecule has 2 heterocycles. The quantitative estimate of drug-likeness (QED) is 0.407. The fourth-order valence-corrected chi connectivity index (χ4v) is 3.86. The lowest BCUT2D eigenvalue weighted by atomic mass is 9.90. The molecule has 0 bridgehead atoms. The normalized spacial score (nSPS) is 37.9. The highest BCUT2D eigenvalue weighted by Gasteiger charge is 2.44. The first-order chi connectivity index (χ1) is 12.2. The number of hydrogen-bond acceptors (Lipinski definition) is 8. The third-order valence-corrected chi connectivity index (χ3v) is 5.45. The number of epoxide rings is 2. The number of carbonyl (C=O) groups excluding carboxylic acids is 2. The minimum atomic E-state index is -0.837. The second-order valence-electron chi connectivity index (χ2n) is 7.31. The van der Waals surface area contributed by atoms with Crippen LogP contribution in [-0.4, -0.2) is 56.7 Å². The van der Waals surface area contributed by atoms with Crippen molar-refractivity contribution in [3.8, 4) is 0 Å². The van der Waals surface area contributed by atoms with E-state index in [1.807, 2.05) is 0 Å². The molecule has 2 saturated carbocycles. The van der Waals surface area contributed by atoms with Crippen LogP contribution in [0.2, 0.25) is 0 Å². The maximum atomic E-state index is 11.5. The van der Waals surface area contributed by atoms with Crippen LogP contribution in [0.4, 0.5) is 9.59 Å². The Morgan fingerprint density at radius 3 is 1.60 bits per heavy atom. The van der Waals surface area contributed by atoms with Gasteiger partial charge in [0.05, 0.1) is 37.6 Å². The van der Waals surface area contributed by atoms with Gasteiger partial charge in [-0.1, -0.05) is 0 Å². The molecule has 0 spiro atoms. The minimum absolute atomic E-state index is 0.307. The van der Waals surface area contributed by atoms with Gasteiger partial charge in [-0.15, -0.1) is 0 Å². The lowest BCUT2D eigenvalue weighted by molar-refractivity contribution is -0.0448. The van der Waals surface area contributed by atoms with Gasteiger partial charge in [-0.3, -0.25) is 0 Å². The summed E-state index contributed by atoms with van der Waals surface area (Å²) in [6.45, 7) is 0.109. The third-order valence-electron chi connectivity index (χ3n) is 5.45. The van der Waals surface area contributed by atoms with E-state index in [0.717, 1.165) is 38.5 Å². The van der Waals surface area contributed by atoms with Crippen LogP contribution in [0.25, 0.3) is 0 Å². The van der Waals surface area contributed by atoms with E-state index >= 15 is 0 Å². The molecule has 25 heavy (non-hydrogen) atoms. The highest BCUT2D eigenvalue weighted by Crippen LogP contribution is 2.40. The molecular weight excluding hydrogens is 332 g/mol. The summed E-state index contributed by atoms with van der Waals surface area (Å²) >= 11 is 0. The molecule has 6 atom stereocenters. The Balaban J connectivity index is 1.02. The molecule has 0 N–H and O–H groups in total. The number of hydrogen-bond donors (Lipinski definition) is 0. The first kappa shape index (κ1) is 16.9.